The van der Waals surface area contributed by atoms with Gasteiger partial charge in [-0.3, -0.25) is 4.79 Å². The van der Waals surface area contributed by atoms with Crippen molar-refractivity contribution < 1.29 is 23.8 Å². The third-order valence-corrected chi connectivity index (χ3v) is 2.53. The van der Waals surface area contributed by atoms with Crippen molar-refractivity contribution in [1.29, 1.82) is 0 Å². The predicted octanol–water partition coefficient (Wildman–Crippen LogP) is 1.90. The molecule has 5 heteroatoms. The Hall–Kier alpha value is -2.30. The topological polar surface area (TPSA) is 61.8 Å². The number of benzene rings is 1. The quantitative estimate of drug-likeness (QED) is 0.413. The van der Waals surface area contributed by atoms with E-state index in [0.717, 1.165) is 17.4 Å². The van der Waals surface area contributed by atoms with Gasteiger partial charge in [0.05, 0.1) is 7.11 Å². The summed E-state index contributed by atoms with van der Waals surface area (Å²) in [4.78, 5) is 22.2. The minimum absolute atomic E-state index is 0.0408. The molecule has 1 aromatic rings. The molecule has 0 aromatic heterocycles. The van der Waals surface area contributed by atoms with Gasteiger partial charge in [0.2, 0.25) is 0 Å². The van der Waals surface area contributed by atoms with E-state index in [1.165, 1.54) is 0 Å². The molecule has 0 atom stereocenters. The number of hydrogen-bond donors (Lipinski definition) is 0. The molecule has 0 fully saturated rings. The van der Waals surface area contributed by atoms with Crippen LogP contribution < -0.4 is 4.74 Å². The second-order valence-corrected chi connectivity index (χ2v) is 3.94. The number of hydrogen-bond acceptors (Lipinski definition) is 5. The average molecular weight is 278 g/mol. The van der Waals surface area contributed by atoms with Gasteiger partial charge in [-0.2, -0.15) is 0 Å². The van der Waals surface area contributed by atoms with Gasteiger partial charge in [-0.05, 0) is 24.1 Å². The fourth-order valence-corrected chi connectivity index (χ4v) is 1.47. The number of esters is 2. The fraction of sp³-hybridized carbons (Fsp3) is 0.333. The van der Waals surface area contributed by atoms with E-state index in [9.17, 15) is 9.59 Å². The molecule has 0 saturated carbocycles. The molecule has 0 spiro atoms. The van der Waals surface area contributed by atoms with Gasteiger partial charge >= 0.3 is 11.9 Å². The normalized spacial score (nSPS) is 9.65. The Kier molecular flexibility index (Phi) is 6.89. The van der Waals surface area contributed by atoms with E-state index in [0.29, 0.717) is 6.42 Å². The van der Waals surface area contributed by atoms with Crippen molar-refractivity contribution in [3.63, 3.8) is 0 Å². The smallest absolute Gasteiger partial charge is 0.330 e. The minimum Gasteiger partial charge on any atom is -0.497 e. The van der Waals surface area contributed by atoms with Gasteiger partial charge in [0.25, 0.3) is 0 Å². The lowest BCUT2D eigenvalue weighted by Crippen LogP contribution is -2.13. The van der Waals surface area contributed by atoms with E-state index in [-0.39, 0.29) is 25.6 Å². The van der Waals surface area contributed by atoms with Crippen LogP contribution in [0.15, 0.2) is 36.9 Å². The molecule has 0 bridgehead atoms. The van der Waals surface area contributed by atoms with Gasteiger partial charge in [0.15, 0.2) is 0 Å². The number of ether oxygens (including phenoxy) is 3. The van der Waals surface area contributed by atoms with Crippen LogP contribution in [0.4, 0.5) is 0 Å². The summed E-state index contributed by atoms with van der Waals surface area (Å²) < 4.78 is 14.7. The lowest BCUT2D eigenvalue weighted by molar-refractivity contribution is -0.149. The zero-order valence-corrected chi connectivity index (χ0v) is 11.5. The minimum atomic E-state index is -0.528. The van der Waals surface area contributed by atoms with Crippen LogP contribution in [0.25, 0.3) is 0 Å². The Morgan fingerprint density at radius 1 is 1.15 bits per heavy atom. The predicted molar refractivity (Wildman–Crippen MR) is 73.4 cm³/mol. The van der Waals surface area contributed by atoms with Crippen molar-refractivity contribution in [3.05, 3.63) is 42.5 Å². The summed E-state index contributed by atoms with van der Waals surface area (Å²) >= 11 is 0. The molecule has 0 aliphatic heterocycles. The molecule has 20 heavy (non-hydrogen) atoms. The van der Waals surface area contributed by atoms with E-state index < -0.39 is 5.97 Å². The van der Waals surface area contributed by atoms with Gasteiger partial charge in [-0.1, -0.05) is 18.7 Å². The molecule has 0 heterocycles. The highest BCUT2D eigenvalue weighted by atomic mass is 16.6. The second-order valence-electron chi connectivity index (χ2n) is 3.94. The van der Waals surface area contributed by atoms with Crippen molar-refractivity contribution >= 4 is 11.9 Å². The largest absolute Gasteiger partial charge is 0.497 e. The molecule has 0 amide bonds. The van der Waals surface area contributed by atoms with Gasteiger partial charge in [-0.15, -0.1) is 0 Å². The summed E-state index contributed by atoms with van der Waals surface area (Å²) in [5.41, 5.74) is 1.03. The summed E-state index contributed by atoms with van der Waals surface area (Å²) in [7, 11) is 1.60. The number of carbonyl (C=O) groups is 2. The first-order valence-corrected chi connectivity index (χ1v) is 6.23. The van der Waals surface area contributed by atoms with Crippen LogP contribution in [0.3, 0.4) is 0 Å². The Morgan fingerprint density at radius 2 is 1.80 bits per heavy atom. The molecule has 0 unspecified atom stereocenters. The van der Waals surface area contributed by atoms with Crippen LogP contribution in [-0.2, 0) is 25.5 Å². The molecular weight excluding hydrogens is 260 g/mol. The van der Waals surface area contributed by atoms with E-state index in [1.807, 2.05) is 24.3 Å². The molecule has 0 saturated heterocycles. The molecule has 108 valence electrons. The van der Waals surface area contributed by atoms with Crippen LogP contribution in [-0.4, -0.2) is 32.3 Å². The second kappa shape index (κ2) is 8.74. The number of methoxy groups -OCH3 is 1. The summed E-state index contributed by atoms with van der Waals surface area (Å²) in [6.45, 7) is 3.36. The lowest BCUT2D eigenvalue weighted by atomic mass is 10.1. The maximum atomic E-state index is 11.4. The molecule has 0 radical (unpaired) electrons. The van der Waals surface area contributed by atoms with Gasteiger partial charge in [0, 0.05) is 12.5 Å². The molecule has 1 rings (SSSR count). The van der Waals surface area contributed by atoms with Crippen LogP contribution in [0.5, 0.6) is 5.75 Å². The van der Waals surface area contributed by atoms with Crippen molar-refractivity contribution in [2.24, 2.45) is 0 Å². The van der Waals surface area contributed by atoms with Crippen LogP contribution >= 0.6 is 0 Å². The molecule has 0 N–H and O–H groups in total. The maximum Gasteiger partial charge on any atom is 0.330 e. The molecule has 0 aliphatic carbocycles. The van der Waals surface area contributed by atoms with E-state index in [1.54, 1.807) is 7.11 Å². The third kappa shape index (κ3) is 6.04. The summed E-state index contributed by atoms with van der Waals surface area (Å²) in [6, 6.07) is 7.49. The van der Waals surface area contributed by atoms with Crippen molar-refractivity contribution in [1.82, 2.24) is 0 Å². The van der Waals surface area contributed by atoms with Crippen molar-refractivity contribution in [2.45, 2.75) is 12.8 Å². The van der Waals surface area contributed by atoms with Crippen molar-refractivity contribution in [2.75, 3.05) is 20.3 Å². The first kappa shape index (κ1) is 15.8. The molecular formula is C15H18O5. The molecule has 1 aromatic carbocycles. The highest BCUT2D eigenvalue weighted by molar-refractivity contribution is 5.81. The van der Waals surface area contributed by atoms with Gasteiger partial charge in [0.1, 0.15) is 19.0 Å². The Balaban J connectivity index is 2.19. The zero-order chi connectivity index (χ0) is 14.8. The molecule has 0 aliphatic rings. The Labute approximate surface area is 118 Å². The first-order chi connectivity index (χ1) is 9.65. The monoisotopic (exact) mass is 278 g/mol. The van der Waals surface area contributed by atoms with E-state index in [4.69, 9.17) is 9.47 Å². The van der Waals surface area contributed by atoms with Gasteiger partial charge in [-0.25, -0.2) is 4.79 Å². The summed E-state index contributed by atoms with van der Waals surface area (Å²) in [5.74, 6) is -0.0740. The molecule has 5 nitrogen and oxygen atoms in total. The highest BCUT2D eigenvalue weighted by Gasteiger charge is 2.04. The van der Waals surface area contributed by atoms with E-state index >= 15 is 0 Å². The third-order valence-electron chi connectivity index (χ3n) is 2.53. The average Bonchev–Trinajstić information content (AvgIpc) is 2.49. The maximum absolute atomic E-state index is 11.4. The van der Waals surface area contributed by atoms with Crippen molar-refractivity contribution in [3.8, 4) is 5.75 Å². The van der Waals surface area contributed by atoms with Gasteiger partial charge < -0.3 is 14.2 Å². The summed E-state index contributed by atoms with van der Waals surface area (Å²) in [5, 5.41) is 0. The standard InChI is InChI=1S/C15H18O5/c1-3-14(16)19-10-11-20-15(17)9-6-12-4-7-13(18-2)8-5-12/h3-5,7-8H,1,6,9-11H2,2H3. The zero-order valence-electron chi connectivity index (χ0n) is 11.5. The van der Waals surface area contributed by atoms with E-state index in [2.05, 4.69) is 11.3 Å². The highest BCUT2D eigenvalue weighted by Crippen LogP contribution is 2.12. The van der Waals surface area contributed by atoms with Crippen LogP contribution in [0.1, 0.15) is 12.0 Å². The number of rotatable bonds is 8. The number of aryl methyl sites for hydroxylation is 1. The fourth-order valence-electron chi connectivity index (χ4n) is 1.47. The Morgan fingerprint density at radius 3 is 2.40 bits per heavy atom. The van der Waals surface area contributed by atoms with Crippen LogP contribution in [0, 0.1) is 0 Å². The summed E-state index contributed by atoms with van der Waals surface area (Å²) in [6.07, 6.45) is 1.93. The Bertz CT molecular complexity index is 450. The SMILES string of the molecule is C=CC(=O)OCCOC(=O)CCc1ccc(OC)cc1. The number of carbonyl (C=O) groups excluding carboxylic acids is 2. The lowest BCUT2D eigenvalue weighted by Gasteiger charge is -2.06. The first-order valence-electron chi connectivity index (χ1n) is 6.23. The van der Waals surface area contributed by atoms with Crippen LogP contribution in [0.2, 0.25) is 0 Å².